The Morgan fingerprint density at radius 3 is 2.86 bits per heavy atom. The Morgan fingerprint density at radius 2 is 2.21 bits per heavy atom. The van der Waals surface area contributed by atoms with Crippen molar-refractivity contribution in [3.8, 4) is 5.75 Å². The lowest BCUT2D eigenvalue weighted by Crippen LogP contribution is -2.15. The van der Waals surface area contributed by atoms with Crippen LogP contribution in [0.2, 0.25) is 0 Å². The van der Waals surface area contributed by atoms with Crippen molar-refractivity contribution in [2.75, 3.05) is 13.7 Å². The van der Waals surface area contributed by atoms with Gasteiger partial charge >= 0.3 is 0 Å². The zero-order valence-electron chi connectivity index (χ0n) is 8.22. The summed E-state index contributed by atoms with van der Waals surface area (Å²) in [5.41, 5.74) is 1.12. The number of rotatable bonds is 5. The molecule has 0 aliphatic heterocycles. The van der Waals surface area contributed by atoms with Gasteiger partial charge in [-0.15, -0.1) is 0 Å². The van der Waals surface area contributed by atoms with Gasteiger partial charge in [-0.1, -0.05) is 36.4 Å². The van der Waals surface area contributed by atoms with E-state index >= 15 is 0 Å². The fourth-order valence-electron chi connectivity index (χ4n) is 1.18. The number of halogens is 1. The van der Waals surface area contributed by atoms with Gasteiger partial charge in [0, 0.05) is 23.7 Å². The first-order chi connectivity index (χ1) is 6.74. The zero-order valence-corrected chi connectivity index (χ0v) is 8.97. The van der Waals surface area contributed by atoms with Gasteiger partial charge in [-0.2, -0.15) is 0 Å². The predicted octanol–water partition coefficient (Wildman–Crippen LogP) is 2.54. The Labute approximate surface area is 89.5 Å². The molecule has 14 heavy (non-hydrogen) atoms. The number of methoxy groups -OCH3 is 1. The number of benzene rings is 1. The van der Waals surface area contributed by atoms with Crippen molar-refractivity contribution in [1.29, 1.82) is 0 Å². The van der Waals surface area contributed by atoms with E-state index < -0.39 is 0 Å². The molecule has 0 bridgehead atoms. The summed E-state index contributed by atoms with van der Waals surface area (Å²) in [6.07, 6.45) is 0. The first-order valence-electron chi connectivity index (χ1n) is 4.40. The molecule has 3 heteroatoms. The van der Waals surface area contributed by atoms with Crippen LogP contribution in [0.5, 0.6) is 5.75 Å². The topological polar surface area (TPSA) is 21.3 Å². The lowest BCUT2D eigenvalue weighted by atomic mass is 10.2. The molecule has 0 aliphatic carbocycles. The molecule has 1 aromatic rings. The van der Waals surface area contributed by atoms with Gasteiger partial charge in [-0.25, -0.2) is 0 Å². The van der Waals surface area contributed by atoms with Crippen LogP contribution in [-0.2, 0) is 6.54 Å². The van der Waals surface area contributed by atoms with E-state index in [0.29, 0.717) is 11.6 Å². The molecule has 1 rings (SSSR count). The highest BCUT2D eigenvalue weighted by Gasteiger charge is 2.00. The van der Waals surface area contributed by atoms with Crippen LogP contribution in [0.1, 0.15) is 5.56 Å². The molecule has 1 N–H and O–H groups in total. The van der Waals surface area contributed by atoms with Crippen molar-refractivity contribution < 1.29 is 4.74 Å². The standard InChI is InChI=1S/C11H14ClNO/c1-9(12)7-13-8-10-5-3-4-6-11(10)14-2/h3-6,13H,1,7-8H2,2H3. The Balaban J connectivity index is 2.53. The average Bonchev–Trinajstić information content (AvgIpc) is 2.18. The highest BCUT2D eigenvalue weighted by Crippen LogP contribution is 2.16. The summed E-state index contributed by atoms with van der Waals surface area (Å²) in [7, 11) is 1.67. The number of para-hydroxylation sites is 1. The first-order valence-corrected chi connectivity index (χ1v) is 4.77. The third-order valence-electron chi connectivity index (χ3n) is 1.82. The molecule has 0 saturated carbocycles. The number of nitrogens with one attached hydrogen (secondary N) is 1. The first kappa shape index (κ1) is 11.1. The maximum Gasteiger partial charge on any atom is 0.123 e. The monoisotopic (exact) mass is 211 g/mol. The van der Waals surface area contributed by atoms with Crippen LogP contribution >= 0.6 is 11.6 Å². The summed E-state index contributed by atoms with van der Waals surface area (Å²) in [6.45, 7) is 4.94. The molecule has 1 aromatic carbocycles. The van der Waals surface area contributed by atoms with Gasteiger partial charge < -0.3 is 10.1 Å². The molecule has 0 spiro atoms. The maximum absolute atomic E-state index is 5.63. The lowest BCUT2D eigenvalue weighted by Gasteiger charge is -2.08. The van der Waals surface area contributed by atoms with Gasteiger partial charge in [0.2, 0.25) is 0 Å². The van der Waals surface area contributed by atoms with Gasteiger partial charge in [-0.3, -0.25) is 0 Å². The molecule has 0 fully saturated rings. The Bertz CT molecular complexity index is 312. The fraction of sp³-hybridized carbons (Fsp3) is 0.273. The normalized spacial score (nSPS) is 9.86. The number of hydrogen-bond acceptors (Lipinski definition) is 2. The van der Waals surface area contributed by atoms with Crippen molar-refractivity contribution in [3.63, 3.8) is 0 Å². The van der Waals surface area contributed by atoms with Crippen molar-refractivity contribution >= 4 is 11.6 Å². The molecule has 0 atom stereocenters. The Hall–Kier alpha value is -0.990. The van der Waals surface area contributed by atoms with E-state index in [1.165, 1.54) is 0 Å². The van der Waals surface area contributed by atoms with E-state index in [4.69, 9.17) is 16.3 Å². The summed E-state index contributed by atoms with van der Waals surface area (Å²) < 4.78 is 5.21. The Kier molecular flexibility index (Phi) is 4.50. The molecule has 0 amide bonds. The van der Waals surface area contributed by atoms with Crippen molar-refractivity contribution in [1.82, 2.24) is 5.32 Å². The fourth-order valence-corrected chi connectivity index (χ4v) is 1.28. The summed E-state index contributed by atoms with van der Waals surface area (Å²) >= 11 is 5.63. The molecular formula is C11H14ClNO. The number of hydrogen-bond donors (Lipinski definition) is 1. The van der Waals surface area contributed by atoms with E-state index in [0.717, 1.165) is 17.9 Å². The molecule has 0 aliphatic rings. The van der Waals surface area contributed by atoms with Crippen LogP contribution in [0.25, 0.3) is 0 Å². The molecular weight excluding hydrogens is 198 g/mol. The highest BCUT2D eigenvalue weighted by molar-refractivity contribution is 6.29. The molecule has 0 saturated heterocycles. The minimum atomic E-state index is 0.611. The molecule has 0 unspecified atom stereocenters. The summed E-state index contributed by atoms with van der Waals surface area (Å²) in [6, 6.07) is 7.88. The average molecular weight is 212 g/mol. The van der Waals surface area contributed by atoms with Gasteiger partial charge in [-0.05, 0) is 6.07 Å². The summed E-state index contributed by atoms with van der Waals surface area (Å²) in [4.78, 5) is 0. The summed E-state index contributed by atoms with van der Waals surface area (Å²) in [5, 5.41) is 3.78. The molecule has 0 radical (unpaired) electrons. The quantitative estimate of drug-likeness (QED) is 0.808. The second-order valence-corrected chi connectivity index (χ2v) is 3.47. The van der Waals surface area contributed by atoms with Crippen molar-refractivity contribution in [2.24, 2.45) is 0 Å². The van der Waals surface area contributed by atoms with Crippen LogP contribution in [0, 0.1) is 0 Å². The van der Waals surface area contributed by atoms with Crippen molar-refractivity contribution in [2.45, 2.75) is 6.54 Å². The van der Waals surface area contributed by atoms with Crippen LogP contribution in [0.15, 0.2) is 35.9 Å². The predicted molar refractivity (Wildman–Crippen MR) is 59.7 cm³/mol. The van der Waals surface area contributed by atoms with E-state index in [-0.39, 0.29) is 0 Å². The van der Waals surface area contributed by atoms with Crippen LogP contribution in [-0.4, -0.2) is 13.7 Å². The van der Waals surface area contributed by atoms with E-state index in [1.54, 1.807) is 7.11 Å². The summed E-state index contributed by atoms with van der Waals surface area (Å²) in [5.74, 6) is 0.889. The number of ether oxygens (including phenoxy) is 1. The zero-order chi connectivity index (χ0) is 10.4. The van der Waals surface area contributed by atoms with E-state index in [2.05, 4.69) is 11.9 Å². The van der Waals surface area contributed by atoms with Crippen molar-refractivity contribution in [3.05, 3.63) is 41.4 Å². The van der Waals surface area contributed by atoms with Crippen LogP contribution in [0.3, 0.4) is 0 Å². The third-order valence-corrected chi connectivity index (χ3v) is 1.96. The second kappa shape index (κ2) is 5.68. The molecule has 0 aromatic heterocycles. The highest BCUT2D eigenvalue weighted by atomic mass is 35.5. The molecule has 2 nitrogen and oxygen atoms in total. The van der Waals surface area contributed by atoms with Gasteiger partial charge in [0.25, 0.3) is 0 Å². The SMILES string of the molecule is C=C(Cl)CNCc1ccccc1OC. The minimum absolute atomic E-state index is 0.611. The molecule has 76 valence electrons. The van der Waals surface area contributed by atoms with E-state index in [1.807, 2.05) is 24.3 Å². The van der Waals surface area contributed by atoms with Gasteiger partial charge in [0.05, 0.1) is 7.11 Å². The molecule has 0 heterocycles. The second-order valence-electron chi connectivity index (χ2n) is 2.93. The smallest absolute Gasteiger partial charge is 0.123 e. The van der Waals surface area contributed by atoms with E-state index in [9.17, 15) is 0 Å². The minimum Gasteiger partial charge on any atom is -0.496 e. The largest absolute Gasteiger partial charge is 0.496 e. The van der Waals surface area contributed by atoms with Gasteiger partial charge in [0.15, 0.2) is 0 Å². The van der Waals surface area contributed by atoms with Crippen LogP contribution in [0.4, 0.5) is 0 Å². The van der Waals surface area contributed by atoms with Crippen LogP contribution < -0.4 is 10.1 Å². The maximum atomic E-state index is 5.63. The third kappa shape index (κ3) is 3.40. The Morgan fingerprint density at radius 1 is 1.50 bits per heavy atom. The van der Waals surface area contributed by atoms with Gasteiger partial charge in [0.1, 0.15) is 5.75 Å². The lowest BCUT2D eigenvalue weighted by molar-refractivity contribution is 0.408.